The quantitative estimate of drug-likeness (QED) is 0.899. The van der Waals surface area contributed by atoms with Gasteiger partial charge in [0.1, 0.15) is 0 Å². The van der Waals surface area contributed by atoms with Crippen molar-refractivity contribution in [2.75, 3.05) is 11.6 Å². The summed E-state index contributed by atoms with van der Waals surface area (Å²) in [5.74, 6) is 0. The predicted molar refractivity (Wildman–Crippen MR) is 88.1 cm³/mol. The van der Waals surface area contributed by atoms with Gasteiger partial charge in [-0.25, -0.2) is 8.42 Å². The van der Waals surface area contributed by atoms with Crippen LogP contribution in [-0.2, 0) is 16.4 Å². The van der Waals surface area contributed by atoms with Crippen LogP contribution in [0.4, 0.5) is 5.69 Å². The van der Waals surface area contributed by atoms with Crippen molar-refractivity contribution in [2.45, 2.75) is 18.4 Å². The number of rotatable bonds is 4. The first-order chi connectivity index (χ1) is 9.79. The lowest BCUT2D eigenvalue weighted by molar-refractivity contribution is 0.601. The van der Waals surface area contributed by atoms with E-state index in [4.69, 9.17) is 23.2 Å². The number of aryl methyl sites for hydroxylation is 1. The van der Waals surface area contributed by atoms with Crippen LogP contribution in [0, 0.1) is 6.92 Å². The molecule has 0 aliphatic carbocycles. The smallest absolute Gasteiger partial charge is 0.175 e. The van der Waals surface area contributed by atoms with Crippen molar-refractivity contribution >= 4 is 38.7 Å². The minimum Gasteiger partial charge on any atom is -0.381 e. The highest BCUT2D eigenvalue weighted by molar-refractivity contribution is 7.90. The molecule has 2 rings (SSSR count). The molecule has 0 saturated heterocycles. The Kier molecular flexibility index (Phi) is 4.81. The van der Waals surface area contributed by atoms with Gasteiger partial charge in [-0.3, -0.25) is 0 Å². The summed E-state index contributed by atoms with van der Waals surface area (Å²) in [6.45, 7) is 2.23. The topological polar surface area (TPSA) is 46.2 Å². The second kappa shape index (κ2) is 6.26. The van der Waals surface area contributed by atoms with Crippen LogP contribution in [0.1, 0.15) is 11.1 Å². The molecule has 2 aromatic rings. The van der Waals surface area contributed by atoms with Crippen molar-refractivity contribution < 1.29 is 8.42 Å². The lowest BCUT2D eigenvalue weighted by Gasteiger charge is -2.12. The molecule has 0 saturated carbocycles. The van der Waals surface area contributed by atoms with Crippen molar-refractivity contribution in [3.63, 3.8) is 0 Å². The largest absolute Gasteiger partial charge is 0.381 e. The third-order valence-corrected chi connectivity index (χ3v) is 5.06. The molecule has 0 aromatic heterocycles. The molecule has 0 radical (unpaired) electrons. The van der Waals surface area contributed by atoms with Gasteiger partial charge in [-0.05, 0) is 36.8 Å². The van der Waals surface area contributed by atoms with E-state index in [1.165, 1.54) is 6.26 Å². The predicted octanol–water partition coefficient (Wildman–Crippen LogP) is 4.32. The fourth-order valence-electron chi connectivity index (χ4n) is 1.95. The highest BCUT2D eigenvalue weighted by Gasteiger charge is 2.15. The normalized spacial score (nSPS) is 11.4. The monoisotopic (exact) mass is 343 g/mol. The molecule has 0 bridgehead atoms. The first kappa shape index (κ1) is 16.1. The average molecular weight is 344 g/mol. The lowest BCUT2D eigenvalue weighted by atomic mass is 10.2. The van der Waals surface area contributed by atoms with Gasteiger partial charge < -0.3 is 5.32 Å². The first-order valence-electron chi connectivity index (χ1n) is 6.26. The van der Waals surface area contributed by atoms with Gasteiger partial charge in [-0.1, -0.05) is 35.3 Å². The molecule has 112 valence electrons. The number of sulfone groups is 1. The number of halogens is 2. The Balaban J connectivity index is 2.30. The van der Waals surface area contributed by atoms with Crippen LogP contribution in [0.5, 0.6) is 0 Å². The van der Waals surface area contributed by atoms with E-state index < -0.39 is 9.84 Å². The van der Waals surface area contributed by atoms with Gasteiger partial charge >= 0.3 is 0 Å². The van der Waals surface area contributed by atoms with Crippen molar-refractivity contribution in [3.8, 4) is 0 Å². The van der Waals surface area contributed by atoms with E-state index in [0.29, 0.717) is 22.2 Å². The molecule has 0 aliphatic rings. The zero-order chi connectivity index (χ0) is 15.6. The molecule has 1 N–H and O–H groups in total. The number of nitrogens with one attached hydrogen (secondary N) is 1. The van der Waals surface area contributed by atoms with Gasteiger partial charge in [0.15, 0.2) is 9.84 Å². The van der Waals surface area contributed by atoms with E-state index in [9.17, 15) is 8.42 Å². The molecule has 0 unspecified atom stereocenters. The zero-order valence-electron chi connectivity index (χ0n) is 11.7. The Bertz CT molecular complexity index is 773. The Morgan fingerprint density at radius 2 is 1.81 bits per heavy atom. The van der Waals surface area contributed by atoms with Gasteiger partial charge in [0.25, 0.3) is 0 Å². The fraction of sp³-hybridized carbons (Fsp3) is 0.200. The van der Waals surface area contributed by atoms with Crippen LogP contribution in [0.2, 0.25) is 10.0 Å². The Hall–Kier alpha value is -1.23. The van der Waals surface area contributed by atoms with Crippen molar-refractivity contribution in [3.05, 3.63) is 57.6 Å². The van der Waals surface area contributed by atoms with Crippen molar-refractivity contribution in [1.29, 1.82) is 0 Å². The summed E-state index contributed by atoms with van der Waals surface area (Å²) in [6, 6.07) is 10.4. The summed E-state index contributed by atoms with van der Waals surface area (Å²) < 4.78 is 23.6. The average Bonchev–Trinajstić information content (AvgIpc) is 2.40. The first-order valence-corrected chi connectivity index (χ1v) is 8.91. The molecule has 0 fully saturated rings. The molecule has 0 spiro atoms. The summed E-state index contributed by atoms with van der Waals surface area (Å²) in [5, 5.41) is 4.22. The summed E-state index contributed by atoms with van der Waals surface area (Å²) in [5.41, 5.74) is 2.35. The highest BCUT2D eigenvalue weighted by Crippen LogP contribution is 2.26. The molecule has 0 amide bonds. The summed E-state index contributed by atoms with van der Waals surface area (Å²) in [6.07, 6.45) is 1.17. The van der Waals surface area contributed by atoms with E-state index in [2.05, 4.69) is 5.32 Å². The van der Waals surface area contributed by atoms with Crippen LogP contribution in [0.3, 0.4) is 0 Å². The molecular formula is C15H15Cl2NO2S. The third kappa shape index (κ3) is 3.90. The Labute approximate surface area is 134 Å². The molecule has 6 heteroatoms. The van der Waals surface area contributed by atoms with Crippen LogP contribution < -0.4 is 5.32 Å². The lowest BCUT2D eigenvalue weighted by Crippen LogP contribution is -2.07. The maximum atomic E-state index is 11.8. The number of hydrogen-bond donors (Lipinski definition) is 1. The standard InChI is InChI=1S/C15H15Cl2NO2S/c1-10-6-7-11(8-14(10)17)18-9-12-13(16)4-3-5-15(12)21(2,19)20/h3-8,18H,9H2,1-2H3. The van der Waals surface area contributed by atoms with E-state index in [0.717, 1.165) is 11.3 Å². The van der Waals surface area contributed by atoms with Gasteiger partial charge in [-0.2, -0.15) is 0 Å². The van der Waals surface area contributed by atoms with Gasteiger partial charge in [0.2, 0.25) is 0 Å². The SMILES string of the molecule is Cc1ccc(NCc2c(Cl)cccc2S(C)(=O)=O)cc1Cl. The molecule has 0 atom stereocenters. The summed E-state index contributed by atoms with van der Waals surface area (Å²) in [7, 11) is -3.33. The van der Waals surface area contributed by atoms with Gasteiger partial charge in [0.05, 0.1) is 4.90 Å². The molecule has 3 nitrogen and oxygen atoms in total. The van der Waals surface area contributed by atoms with E-state index >= 15 is 0 Å². The maximum absolute atomic E-state index is 11.8. The highest BCUT2D eigenvalue weighted by atomic mass is 35.5. The second-order valence-corrected chi connectivity index (χ2v) is 7.60. The molecular weight excluding hydrogens is 329 g/mol. The van der Waals surface area contributed by atoms with E-state index in [-0.39, 0.29) is 4.90 Å². The summed E-state index contributed by atoms with van der Waals surface area (Å²) >= 11 is 12.2. The number of anilines is 1. The van der Waals surface area contributed by atoms with Crippen LogP contribution >= 0.6 is 23.2 Å². The van der Waals surface area contributed by atoms with Crippen molar-refractivity contribution in [1.82, 2.24) is 0 Å². The third-order valence-electron chi connectivity index (χ3n) is 3.12. The zero-order valence-corrected chi connectivity index (χ0v) is 14.0. The maximum Gasteiger partial charge on any atom is 0.175 e. The van der Waals surface area contributed by atoms with Crippen LogP contribution in [0.25, 0.3) is 0 Å². The van der Waals surface area contributed by atoms with Crippen LogP contribution in [0.15, 0.2) is 41.3 Å². The Morgan fingerprint density at radius 1 is 1.10 bits per heavy atom. The molecule has 0 heterocycles. The minimum atomic E-state index is -3.33. The fourth-order valence-corrected chi connectivity index (χ4v) is 3.38. The van der Waals surface area contributed by atoms with Gasteiger partial charge in [0, 0.05) is 34.1 Å². The number of benzene rings is 2. The second-order valence-electron chi connectivity index (χ2n) is 4.81. The van der Waals surface area contributed by atoms with E-state index in [1.54, 1.807) is 24.3 Å². The molecule has 2 aromatic carbocycles. The minimum absolute atomic E-state index is 0.237. The Morgan fingerprint density at radius 3 is 2.43 bits per heavy atom. The van der Waals surface area contributed by atoms with Gasteiger partial charge in [-0.15, -0.1) is 0 Å². The van der Waals surface area contributed by atoms with Crippen LogP contribution in [-0.4, -0.2) is 14.7 Å². The van der Waals surface area contributed by atoms with Crippen molar-refractivity contribution in [2.24, 2.45) is 0 Å². The van der Waals surface area contributed by atoms with E-state index in [1.807, 2.05) is 19.1 Å². The summed E-state index contributed by atoms with van der Waals surface area (Å²) in [4.78, 5) is 0.237. The molecule has 0 aliphatic heterocycles. The molecule has 21 heavy (non-hydrogen) atoms. The number of hydrogen-bond acceptors (Lipinski definition) is 3.